The molecular formula is C16H20FN3. The van der Waals surface area contributed by atoms with E-state index in [1.807, 2.05) is 18.6 Å². The molecule has 1 aromatic heterocycles. The standard InChI is InChI=1S/C16H20FN3/c1-12-4-2-7-15(19-12)16-9-18-11-20(16)10-13-5-3-6-14(17)8-13/h3,5-6,8-9,11-12,15,19H,2,4,7,10H2,1H3. The van der Waals surface area contributed by atoms with Crippen molar-refractivity contribution in [2.75, 3.05) is 0 Å². The van der Waals surface area contributed by atoms with E-state index in [1.54, 1.807) is 12.1 Å². The topological polar surface area (TPSA) is 29.9 Å². The van der Waals surface area contributed by atoms with Crippen LogP contribution in [0.2, 0.25) is 0 Å². The van der Waals surface area contributed by atoms with Gasteiger partial charge in [0.25, 0.3) is 0 Å². The van der Waals surface area contributed by atoms with Crippen molar-refractivity contribution in [2.24, 2.45) is 0 Å². The molecule has 2 aromatic rings. The summed E-state index contributed by atoms with van der Waals surface area (Å²) in [7, 11) is 0. The fourth-order valence-electron chi connectivity index (χ4n) is 2.96. The van der Waals surface area contributed by atoms with Crippen LogP contribution in [0.5, 0.6) is 0 Å². The van der Waals surface area contributed by atoms with Crippen molar-refractivity contribution in [1.82, 2.24) is 14.9 Å². The van der Waals surface area contributed by atoms with Crippen molar-refractivity contribution in [2.45, 2.75) is 44.8 Å². The first kappa shape index (κ1) is 13.3. The zero-order valence-corrected chi connectivity index (χ0v) is 11.7. The number of aromatic nitrogens is 2. The normalized spacial score (nSPS) is 22.9. The van der Waals surface area contributed by atoms with Crippen LogP contribution in [0.15, 0.2) is 36.8 Å². The molecule has 1 saturated heterocycles. The average molecular weight is 273 g/mol. The van der Waals surface area contributed by atoms with Gasteiger partial charge in [-0.2, -0.15) is 0 Å². The van der Waals surface area contributed by atoms with Gasteiger partial charge in [0.1, 0.15) is 5.82 Å². The molecule has 4 heteroatoms. The average Bonchev–Trinajstić information content (AvgIpc) is 2.87. The first-order valence-corrected chi connectivity index (χ1v) is 7.23. The SMILES string of the molecule is CC1CCCC(c2cncn2Cc2cccc(F)c2)N1. The molecular weight excluding hydrogens is 253 g/mol. The maximum absolute atomic E-state index is 13.3. The minimum absolute atomic E-state index is 0.187. The van der Waals surface area contributed by atoms with Gasteiger partial charge in [-0.3, -0.25) is 0 Å². The van der Waals surface area contributed by atoms with Crippen LogP contribution in [-0.2, 0) is 6.54 Å². The van der Waals surface area contributed by atoms with Crippen LogP contribution in [0, 0.1) is 5.82 Å². The molecule has 1 aliphatic rings. The van der Waals surface area contributed by atoms with Gasteiger partial charge in [-0.15, -0.1) is 0 Å². The van der Waals surface area contributed by atoms with E-state index in [4.69, 9.17) is 0 Å². The Labute approximate surface area is 118 Å². The molecule has 0 bridgehead atoms. The van der Waals surface area contributed by atoms with Crippen molar-refractivity contribution >= 4 is 0 Å². The summed E-state index contributed by atoms with van der Waals surface area (Å²) in [5, 5.41) is 3.62. The molecule has 1 aliphatic heterocycles. The summed E-state index contributed by atoms with van der Waals surface area (Å²) in [6.45, 7) is 2.89. The van der Waals surface area contributed by atoms with Gasteiger partial charge in [0.2, 0.25) is 0 Å². The highest BCUT2D eigenvalue weighted by atomic mass is 19.1. The third-order valence-corrected chi connectivity index (χ3v) is 3.96. The van der Waals surface area contributed by atoms with E-state index in [0.717, 1.165) is 12.0 Å². The maximum atomic E-state index is 13.3. The molecule has 3 rings (SSSR count). The minimum atomic E-state index is -0.187. The van der Waals surface area contributed by atoms with Crippen LogP contribution in [0.3, 0.4) is 0 Å². The molecule has 20 heavy (non-hydrogen) atoms. The molecule has 3 nitrogen and oxygen atoms in total. The lowest BCUT2D eigenvalue weighted by atomic mass is 9.97. The van der Waals surface area contributed by atoms with Gasteiger partial charge < -0.3 is 9.88 Å². The Morgan fingerprint density at radius 3 is 3.10 bits per heavy atom. The third-order valence-electron chi connectivity index (χ3n) is 3.96. The molecule has 0 radical (unpaired) electrons. The second-order valence-corrected chi connectivity index (χ2v) is 5.63. The second kappa shape index (κ2) is 5.75. The molecule has 0 saturated carbocycles. The van der Waals surface area contributed by atoms with E-state index in [-0.39, 0.29) is 5.82 Å². The number of hydrogen-bond donors (Lipinski definition) is 1. The molecule has 0 amide bonds. The van der Waals surface area contributed by atoms with Crippen LogP contribution in [-0.4, -0.2) is 15.6 Å². The Bertz CT molecular complexity index is 579. The highest BCUT2D eigenvalue weighted by Gasteiger charge is 2.22. The number of nitrogens with zero attached hydrogens (tertiary/aromatic N) is 2. The van der Waals surface area contributed by atoms with Crippen LogP contribution < -0.4 is 5.32 Å². The third kappa shape index (κ3) is 2.90. The highest BCUT2D eigenvalue weighted by Crippen LogP contribution is 2.25. The van der Waals surface area contributed by atoms with Crippen molar-refractivity contribution in [3.8, 4) is 0 Å². The van der Waals surface area contributed by atoms with Gasteiger partial charge in [-0.25, -0.2) is 9.37 Å². The van der Waals surface area contributed by atoms with Gasteiger partial charge in [0, 0.05) is 24.8 Å². The van der Waals surface area contributed by atoms with Crippen molar-refractivity contribution < 1.29 is 4.39 Å². The Morgan fingerprint density at radius 1 is 1.40 bits per heavy atom. The summed E-state index contributed by atoms with van der Waals surface area (Å²) in [4.78, 5) is 4.27. The van der Waals surface area contributed by atoms with Crippen LogP contribution in [0.4, 0.5) is 4.39 Å². The van der Waals surface area contributed by atoms with Gasteiger partial charge >= 0.3 is 0 Å². The lowest BCUT2D eigenvalue weighted by molar-refractivity contribution is 0.330. The lowest BCUT2D eigenvalue weighted by Gasteiger charge is -2.29. The molecule has 2 unspecified atom stereocenters. The monoisotopic (exact) mass is 273 g/mol. The van der Waals surface area contributed by atoms with E-state index in [2.05, 4.69) is 21.8 Å². The summed E-state index contributed by atoms with van der Waals surface area (Å²) in [6, 6.07) is 7.66. The number of benzene rings is 1. The van der Waals surface area contributed by atoms with E-state index in [0.29, 0.717) is 18.6 Å². The van der Waals surface area contributed by atoms with Crippen molar-refractivity contribution in [3.05, 3.63) is 53.9 Å². The van der Waals surface area contributed by atoms with E-state index < -0.39 is 0 Å². The number of rotatable bonds is 3. The number of halogens is 1. The van der Waals surface area contributed by atoms with E-state index >= 15 is 0 Å². The Kier molecular flexibility index (Phi) is 3.83. The number of piperidine rings is 1. The van der Waals surface area contributed by atoms with Gasteiger partial charge in [0.05, 0.1) is 12.0 Å². The first-order chi connectivity index (χ1) is 9.72. The number of imidazole rings is 1. The summed E-state index contributed by atoms with van der Waals surface area (Å²) in [5.74, 6) is -0.187. The molecule has 2 atom stereocenters. The minimum Gasteiger partial charge on any atom is -0.329 e. The molecule has 0 aliphatic carbocycles. The predicted octanol–water partition coefficient (Wildman–Crippen LogP) is 3.27. The highest BCUT2D eigenvalue weighted by molar-refractivity contribution is 5.18. The van der Waals surface area contributed by atoms with Crippen LogP contribution in [0.1, 0.15) is 43.5 Å². The van der Waals surface area contributed by atoms with Crippen molar-refractivity contribution in [1.29, 1.82) is 0 Å². The molecule has 0 spiro atoms. The molecule has 1 fully saturated rings. The van der Waals surface area contributed by atoms with Crippen molar-refractivity contribution in [3.63, 3.8) is 0 Å². The van der Waals surface area contributed by atoms with E-state index in [9.17, 15) is 4.39 Å². The zero-order valence-electron chi connectivity index (χ0n) is 11.7. The van der Waals surface area contributed by atoms with Crippen LogP contribution >= 0.6 is 0 Å². The summed E-state index contributed by atoms with van der Waals surface area (Å²) >= 11 is 0. The first-order valence-electron chi connectivity index (χ1n) is 7.23. The summed E-state index contributed by atoms with van der Waals surface area (Å²) in [5.41, 5.74) is 2.16. The van der Waals surface area contributed by atoms with Gasteiger partial charge in [-0.05, 0) is 43.9 Å². The molecule has 1 N–H and O–H groups in total. The Balaban J connectivity index is 1.79. The quantitative estimate of drug-likeness (QED) is 0.930. The van der Waals surface area contributed by atoms with Crippen LogP contribution in [0.25, 0.3) is 0 Å². The Morgan fingerprint density at radius 2 is 2.30 bits per heavy atom. The molecule has 2 heterocycles. The maximum Gasteiger partial charge on any atom is 0.123 e. The summed E-state index contributed by atoms with van der Waals surface area (Å²) < 4.78 is 15.4. The second-order valence-electron chi connectivity index (χ2n) is 5.63. The van der Waals surface area contributed by atoms with Gasteiger partial charge in [0.15, 0.2) is 0 Å². The number of nitrogens with one attached hydrogen (secondary N) is 1. The lowest BCUT2D eigenvalue weighted by Crippen LogP contribution is -2.35. The number of hydrogen-bond acceptors (Lipinski definition) is 2. The molecule has 106 valence electrons. The largest absolute Gasteiger partial charge is 0.329 e. The predicted molar refractivity (Wildman–Crippen MR) is 76.9 cm³/mol. The summed E-state index contributed by atoms with van der Waals surface area (Å²) in [6.07, 6.45) is 7.37. The zero-order chi connectivity index (χ0) is 13.9. The fraction of sp³-hybridized carbons (Fsp3) is 0.438. The van der Waals surface area contributed by atoms with Gasteiger partial charge in [-0.1, -0.05) is 12.1 Å². The van der Waals surface area contributed by atoms with E-state index in [1.165, 1.54) is 24.6 Å². The fourth-order valence-corrected chi connectivity index (χ4v) is 2.96. The molecule has 1 aromatic carbocycles. The smallest absolute Gasteiger partial charge is 0.123 e. The Hall–Kier alpha value is -1.68.